The summed E-state index contributed by atoms with van der Waals surface area (Å²) in [6.07, 6.45) is 2.24. The molecule has 86 valence electrons. The zero-order valence-electron chi connectivity index (χ0n) is 9.32. The van der Waals surface area contributed by atoms with Gasteiger partial charge in [0.2, 0.25) is 5.91 Å². The van der Waals surface area contributed by atoms with Crippen molar-refractivity contribution in [1.29, 1.82) is 0 Å². The summed E-state index contributed by atoms with van der Waals surface area (Å²) in [6, 6.07) is -0.100. The summed E-state index contributed by atoms with van der Waals surface area (Å²) < 4.78 is 5.23. The number of likely N-dealkylation sites (tertiary alicyclic amines) is 1. The monoisotopic (exact) mass is 212 g/mol. The maximum absolute atomic E-state index is 12.1. The van der Waals surface area contributed by atoms with Crippen molar-refractivity contribution in [3.05, 3.63) is 0 Å². The van der Waals surface area contributed by atoms with Crippen molar-refractivity contribution in [3.63, 3.8) is 0 Å². The van der Waals surface area contributed by atoms with Crippen LogP contribution in [0, 0.1) is 11.8 Å². The Kier molecular flexibility index (Phi) is 3.26. The Bertz CT molecular complexity index is 237. The molecule has 1 amide bonds. The summed E-state index contributed by atoms with van der Waals surface area (Å²) >= 11 is 0. The topological polar surface area (TPSA) is 55.6 Å². The van der Waals surface area contributed by atoms with Crippen LogP contribution in [-0.2, 0) is 9.53 Å². The van der Waals surface area contributed by atoms with E-state index in [1.165, 1.54) is 0 Å². The molecule has 2 unspecified atom stereocenters. The minimum absolute atomic E-state index is 0.0987. The molecule has 2 atom stereocenters. The van der Waals surface area contributed by atoms with E-state index in [0.29, 0.717) is 13.2 Å². The third kappa shape index (κ3) is 2.32. The second-order valence-corrected chi connectivity index (χ2v) is 4.82. The summed E-state index contributed by atoms with van der Waals surface area (Å²) in [5, 5.41) is 0. The molecule has 4 nitrogen and oxygen atoms in total. The number of amides is 1. The molecule has 2 rings (SSSR count). The van der Waals surface area contributed by atoms with Gasteiger partial charge >= 0.3 is 0 Å². The van der Waals surface area contributed by atoms with Gasteiger partial charge in [-0.2, -0.15) is 0 Å². The SMILES string of the molecule is CC1CCN(C(=O)C2COCC2N)CC1. The number of nitrogens with two attached hydrogens (primary N) is 1. The van der Waals surface area contributed by atoms with Gasteiger partial charge in [-0.05, 0) is 18.8 Å². The average Bonchev–Trinajstić information content (AvgIpc) is 2.65. The van der Waals surface area contributed by atoms with Crippen molar-refractivity contribution in [3.8, 4) is 0 Å². The van der Waals surface area contributed by atoms with Crippen molar-refractivity contribution >= 4 is 5.91 Å². The smallest absolute Gasteiger partial charge is 0.229 e. The van der Waals surface area contributed by atoms with Gasteiger partial charge < -0.3 is 15.4 Å². The van der Waals surface area contributed by atoms with Gasteiger partial charge in [-0.15, -0.1) is 0 Å². The van der Waals surface area contributed by atoms with E-state index in [2.05, 4.69) is 6.92 Å². The molecule has 0 bridgehead atoms. The van der Waals surface area contributed by atoms with Crippen LogP contribution >= 0.6 is 0 Å². The highest BCUT2D eigenvalue weighted by Crippen LogP contribution is 2.21. The Labute approximate surface area is 90.8 Å². The van der Waals surface area contributed by atoms with E-state index in [-0.39, 0.29) is 17.9 Å². The molecule has 2 N–H and O–H groups in total. The highest BCUT2D eigenvalue weighted by atomic mass is 16.5. The van der Waals surface area contributed by atoms with E-state index in [1.54, 1.807) is 0 Å². The Balaban J connectivity index is 1.90. The Morgan fingerprint density at radius 2 is 2.00 bits per heavy atom. The van der Waals surface area contributed by atoms with E-state index in [1.807, 2.05) is 4.90 Å². The number of ether oxygens (including phenoxy) is 1. The van der Waals surface area contributed by atoms with Crippen LogP contribution in [0.1, 0.15) is 19.8 Å². The first-order chi connectivity index (χ1) is 7.18. The molecule has 0 saturated carbocycles. The zero-order chi connectivity index (χ0) is 10.8. The van der Waals surface area contributed by atoms with Crippen LogP contribution < -0.4 is 5.73 Å². The molecule has 0 aromatic heterocycles. The van der Waals surface area contributed by atoms with Crippen molar-refractivity contribution < 1.29 is 9.53 Å². The second-order valence-electron chi connectivity index (χ2n) is 4.82. The molecule has 2 saturated heterocycles. The fraction of sp³-hybridized carbons (Fsp3) is 0.909. The molecule has 2 aliphatic heterocycles. The Morgan fingerprint density at radius 1 is 1.33 bits per heavy atom. The van der Waals surface area contributed by atoms with Crippen LogP contribution in [0.2, 0.25) is 0 Å². The Morgan fingerprint density at radius 3 is 2.53 bits per heavy atom. The van der Waals surface area contributed by atoms with Gasteiger partial charge in [-0.3, -0.25) is 4.79 Å². The number of hydrogen-bond acceptors (Lipinski definition) is 3. The highest BCUT2D eigenvalue weighted by molar-refractivity contribution is 5.80. The third-order valence-corrected chi connectivity index (χ3v) is 3.54. The molecule has 0 aliphatic carbocycles. The van der Waals surface area contributed by atoms with Crippen LogP contribution in [0.25, 0.3) is 0 Å². The summed E-state index contributed by atoms with van der Waals surface area (Å²) in [5.41, 5.74) is 5.84. The van der Waals surface area contributed by atoms with Gasteiger partial charge in [0.15, 0.2) is 0 Å². The lowest BCUT2D eigenvalue weighted by Crippen LogP contribution is -2.46. The van der Waals surface area contributed by atoms with Crippen LogP contribution in [0.15, 0.2) is 0 Å². The molecule has 2 fully saturated rings. The van der Waals surface area contributed by atoms with E-state index < -0.39 is 0 Å². The van der Waals surface area contributed by atoms with E-state index >= 15 is 0 Å². The van der Waals surface area contributed by atoms with E-state index in [9.17, 15) is 4.79 Å². The molecule has 0 radical (unpaired) electrons. The van der Waals surface area contributed by atoms with Gasteiger partial charge in [0, 0.05) is 19.1 Å². The van der Waals surface area contributed by atoms with Gasteiger partial charge in [0.05, 0.1) is 19.1 Å². The van der Waals surface area contributed by atoms with Crippen molar-refractivity contribution in [2.75, 3.05) is 26.3 Å². The number of carbonyl (C=O) groups is 1. The molecule has 2 aliphatic rings. The standard InChI is InChI=1S/C11H20N2O2/c1-8-2-4-13(5-3-8)11(14)9-6-15-7-10(9)12/h8-10H,2-7,12H2,1H3. The first-order valence-electron chi connectivity index (χ1n) is 5.80. The quantitative estimate of drug-likeness (QED) is 0.676. The average molecular weight is 212 g/mol. The first kappa shape index (κ1) is 10.9. The number of nitrogens with zero attached hydrogens (tertiary/aromatic N) is 1. The van der Waals surface area contributed by atoms with Gasteiger partial charge in [0.1, 0.15) is 0 Å². The van der Waals surface area contributed by atoms with Crippen LogP contribution in [-0.4, -0.2) is 43.2 Å². The fourth-order valence-corrected chi connectivity index (χ4v) is 2.29. The molecular weight excluding hydrogens is 192 g/mol. The number of rotatable bonds is 1. The fourth-order valence-electron chi connectivity index (χ4n) is 2.29. The van der Waals surface area contributed by atoms with Crippen molar-refractivity contribution in [2.45, 2.75) is 25.8 Å². The lowest BCUT2D eigenvalue weighted by molar-refractivity contribution is -0.137. The zero-order valence-corrected chi connectivity index (χ0v) is 9.32. The molecule has 0 aromatic carbocycles. The highest BCUT2D eigenvalue weighted by Gasteiger charge is 2.35. The molecular formula is C11H20N2O2. The number of carbonyl (C=O) groups excluding carboxylic acids is 1. The number of hydrogen-bond donors (Lipinski definition) is 1. The molecule has 2 heterocycles. The van der Waals surface area contributed by atoms with Crippen LogP contribution in [0.5, 0.6) is 0 Å². The minimum atomic E-state index is -0.100. The van der Waals surface area contributed by atoms with Gasteiger partial charge in [-0.25, -0.2) is 0 Å². The lowest BCUT2D eigenvalue weighted by Gasteiger charge is -2.32. The predicted molar refractivity (Wildman–Crippen MR) is 57.3 cm³/mol. The van der Waals surface area contributed by atoms with E-state index in [0.717, 1.165) is 31.8 Å². The molecule has 4 heteroatoms. The predicted octanol–water partition coefficient (Wildman–Crippen LogP) is 0.219. The third-order valence-electron chi connectivity index (χ3n) is 3.54. The van der Waals surface area contributed by atoms with Gasteiger partial charge in [-0.1, -0.05) is 6.92 Å². The lowest BCUT2D eigenvalue weighted by atomic mass is 9.96. The van der Waals surface area contributed by atoms with Crippen LogP contribution in [0.3, 0.4) is 0 Å². The molecule has 0 aromatic rings. The maximum atomic E-state index is 12.1. The Hall–Kier alpha value is -0.610. The molecule has 15 heavy (non-hydrogen) atoms. The van der Waals surface area contributed by atoms with E-state index in [4.69, 9.17) is 10.5 Å². The summed E-state index contributed by atoms with van der Waals surface area (Å²) in [4.78, 5) is 14.0. The van der Waals surface area contributed by atoms with Gasteiger partial charge in [0.25, 0.3) is 0 Å². The van der Waals surface area contributed by atoms with Crippen LogP contribution in [0.4, 0.5) is 0 Å². The summed E-state index contributed by atoms with van der Waals surface area (Å²) in [5.74, 6) is 0.854. The first-order valence-corrected chi connectivity index (χ1v) is 5.80. The normalized spacial score (nSPS) is 33.3. The summed E-state index contributed by atoms with van der Waals surface area (Å²) in [6.45, 7) is 5.06. The van der Waals surface area contributed by atoms with Crippen molar-refractivity contribution in [2.24, 2.45) is 17.6 Å². The second kappa shape index (κ2) is 4.49. The largest absolute Gasteiger partial charge is 0.379 e. The minimum Gasteiger partial charge on any atom is -0.379 e. The van der Waals surface area contributed by atoms with Crippen molar-refractivity contribution in [1.82, 2.24) is 4.90 Å². The summed E-state index contributed by atoms with van der Waals surface area (Å²) in [7, 11) is 0. The maximum Gasteiger partial charge on any atom is 0.229 e. The number of piperidine rings is 1. The molecule has 0 spiro atoms.